The summed E-state index contributed by atoms with van der Waals surface area (Å²) in [6.07, 6.45) is 1.08. The van der Waals surface area contributed by atoms with Crippen LogP contribution in [0.2, 0.25) is 5.02 Å². The number of anilines is 1. The van der Waals surface area contributed by atoms with E-state index < -0.39 is 23.8 Å². The highest BCUT2D eigenvalue weighted by atomic mass is 35.5. The Morgan fingerprint density at radius 2 is 1.85 bits per heavy atom. The van der Waals surface area contributed by atoms with E-state index in [9.17, 15) is 19.5 Å². The number of barbiturate groups is 1. The van der Waals surface area contributed by atoms with Crippen LogP contribution in [0.15, 0.2) is 47.5 Å². The number of carbonyl (C=O) groups is 3. The molecule has 1 aliphatic rings. The van der Waals surface area contributed by atoms with Gasteiger partial charge in [0.15, 0.2) is 5.92 Å². The van der Waals surface area contributed by atoms with Crippen LogP contribution in [0.1, 0.15) is 5.56 Å². The maximum absolute atomic E-state index is 12.7. The van der Waals surface area contributed by atoms with Crippen LogP contribution < -0.4 is 10.2 Å². The van der Waals surface area contributed by atoms with Gasteiger partial charge in [-0.3, -0.25) is 19.9 Å². The number of phenols is 1. The topological polar surface area (TPSA) is 99.1 Å². The van der Waals surface area contributed by atoms with E-state index in [0.717, 1.165) is 16.7 Å². The molecule has 26 heavy (non-hydrogen) atoms. The predicted octanol–water partition coefficient (Wildman–Crippen LogP) is 2.96. The third-order valence-corrected chi connectivity index (χ3v) is 4.03. The number of benzene rings is 2. The summed E-state index contributed by atoms with van der Waals surface area (Å²) in [5.41, 5.74) is 1.41. The lowest BCUT2D eigenvalue weighted by Gasteiger charge is -2.28. The zero-order chi connectivity index (χ0) is 18.8. The molecular formula is C18H14ClN3O4. The van der Waals surface area contributed by atoms with E-state index in [2.05, 4.69) is 10.3 Å². The Morgan fingerprint density at radius 1 is 1.15 bits per heavy atom. The fourth-order valence-electron chi connectivity index (χ4n) is 2.41. The third-order valence-electron chi connectivity index (χ3n) is 3.79. The number of hydrogen-bond acceptors (Lipinski definition) is 5. The van der Waals surface area contributed by atoms with E-state index in [0.29, 0.717) is 10.7 Å². The van der Waals surface area contributed by atoms with Gasteiger partial charge in [-0.15, -0.1) is 0 Å². The van der Waals surface area contributed by atoms with Crippen molar-refractivity contribution >= 4 is 47.0 Å². The summed E-state index contributed by atoms with van der Waals surface area (Å²) in [5, 5.41) is 12.2. The van der Waals surface area contributed by atoms with Crippen molar-refractivity contribution in [1.29, 1.82) is 0 Å². The van der Waals surface area contributed by atoms with Crippen molar-refractivity contribution in [1.82, 2.24) is 5.32 Å². The molecule has 1 unspecified atom stereocenters. The molecule has 8 heteroatoms. The van der Waals surface area contributed by atoms with Crippen molar-refractivity contribution in [2.24, 2.45) is 10.9 Å². The number of rotatable bonds is 3. The Labute approximate surface area is 153 Å². The molecule has 7 nitrogen and oxygen atoms in total. The van der Waals surface area contributed by atoms with Gasteiger partial charge < -0.3 is 5.11 Å². The molecule has 2 aromatic carbocycles. The standard InChI is InChI=1S/C18H14ClN3O4/c1-10-2-5-12(6-3-10)22-17(25)13(16(24)21-18(22)26)9-20-14-8-11(19)4-7-15(14)23/h2-9,13,23H,1H3,(H,21,24,26). The summed E-state index contributed by atoms with van der Waals surface area (Å²) >= 11 is 5.85. The molecule has 0 radical (unpaired) electrons. The molecule has 2 aromatic rings. The molecule has 0 spiro atoms. The molecule has 0 bridgehead atoms. The fourth-order valence-corrected chi connectivity index (χ4v) is 2.58. The SMILES string of the molecule is Cc1ccc(N2C(=O)NC(=O)C(C=Nc3cc(Cl)ccc3O)C2=O)cc1. The zero-order valence-corrected chi connectivity index (χ0v) is 14.4. The van der Waals surface area contributed by atoms with Gasteiger partial charge in [0.05, 0.1) is 5.69 Å². The highest BCUT2D eigenvalue weighted by Crippen LogP contribution is 2.29. The number of urea groups is 1. The number of hydrogen-bond donors (Lipinski definition) is 2. The minimum Gasteiger partial charge on any atom is -0.506 e. The van der Waals surface area contributed by atoms with Crippen LogP contribution in [0, 0.1) is 12.8 Å². The van der Waals surface area contributed by atoms with Gasteiger partial charge in [-0.2, -0.15) is 0 Å². The molecule has 1 saturated heterocycles. The Morgan fingerprint density at radius 3 is 2.54 bits per heavy atom. The highest BCUT2D eigenvalue weighted by molar-refractivity contribution is 6.33. The van der Waals surface area contributed by atoms with Crippen LogP contribution >= 0.6 is 11.6 Å². The average molecular weight is 372 g/mol. The van der Waals surface area contributed by atoms with Gasteiger partial charge in [0.25, 0.3) is 5.91 Å². The smallest absolute Gasteiger partial charge is 0.335 e. The molecule has 4 amide bonds. The van der Waals surface area contributed by atoms with Crippen molar-refractivity contribution in [3.63, 3.8) is 0 Å². The average Bonchev–Trinajstić information content (AvgIpc) is 2.59. The number of aliphatic imine (C=N–C) groups is 1. The first-order valence-corrected chi connectivity index (χ1v) is 8.03. The highest BCUT2D eigenvalue weighted by Gasteiger charge is 2.40. The Bertz CT molecular complexity index is 925. The van der Waals surface area contributed by atoms with Gasteiger partial charge in [-0.1, -0.05) is 29.3 Å². The molecule has 0 saturated carbocycles. The second-order valence-electron chi connectivity index (χ2n) is 5.69. The number of aryl methyl sites for hydroxylation is 1. The molecule has 1 atom stereocenters. The second-order valence-corrected chi connectivity index (χ2v) is 6.13. The van der Waals surface area contributed by atoms with Crippen molar-refractivity contribution in [3.8, 4) is 5.75 Å². The van der Waals surface area contributed by atoms with E-state index in [1.807, 2.05) is 6.92 Å². The van der Waals surface area contributed by atoms with Crippen LogP contribution in [0.25, 0.3) is 0 Å². The number of imide groups is 2. The van der Waals surface area contributed by atoms with Crippen LogP contribution in [-0.2, 0) is 9.59 Å². The first kappa shape index (κ1) is 17.6. The zero-order valence-electron chi connectivity index (χ0n) is 13.6. The van der Waals surface area contributed by atoms with Crippen molar-refractivity contribution in [2.45, 2.75) is 6.92 Å². The molecule has 2 N–H and O–H groups in total. The number of phenolic OH excluding ortho intramolecular Hbond substituents is 1. The van der Waals surface area contributed by atoms with Gasteiger partial charge in [0.1, 0.15) is 11.4 Å². The molecule has 0 aromatic heterocycles. The van der Waals surface area contributed by atoms with Crippen LogP contribution in [-0.4, -0.2) is 29.2 Å². The maximum atomic E-state index is 12.7. The van der Waals surface area contributed by atoms with E-state index in [4.69, 9.17) is 11.6 Å². The van der Waals surface area contributed by atoms with Gasteiger partial charge >= 0.3 is 6.03 Å². The summed E-state index contributed by atoms with van der Waals surface area (Å²) in [7, 11) is 0. The molecule has 1 fully saturated rings. The van der Waals surface area contributed by atoms with Crippen molar-refractivity contribution in [3.05, 3.63) is 53.1 Å². The molecular weight excluding hydrogens is 358 g/mol. The lowest BCUT2D eigenvalue weighted by atomic mass is 10.1. The van der Waals surface area contributed by atoms with Gasteiger partial charge in [-0.05, 0) is 37.3 Å². The molecule has 1 aliphatic heterocycles. The number of amides is 4. The Hall–Kier alpha value is -3.19. The number of nitrogens with one attached hydrogen (secondary N) is 1. The quantitative estimate of drug-likeness (QED) is 0.640. The number of nitrogens with zero attached hydrogens (tertiary/aromatic N) is 2. The van der Waals surface area contributed by atoms with Crippen LogP contribution in [0.5, 0.6) is 5.75 Å². The largest absolute Gasteiger partial charge is 0.506 e. The van der Waals surface area contributed by atoms with E-state index in [-0.39, 0.29) is 11.4 Å². The minimum atomic E-state index is -1.31. The third kappa shape index (κ3) is 3.43. The normalized spacial score (nSPS) is 17.7. The fraction of sp³-hybridized carbons (Fsp3) is 0.111. The lowest BCUT2D eigenvalue weighted by molar-refractivity contribution is -0.131. The monoisotopic (exact) mass is 371 g/mol. The van der Waals surface area contributed by atoms with Gasteiger partial charge in [-0.25, -0.2) is 9.69 Å². The Kier molecular flexibility index (Phi) is 4.73. The van der Waals surface area contributed by atoms with E-state index in [1.165, 1.54) is 18.2 Å². The molecule has 3 rings (SSSR count). The summed E-state index contributed by atoms with van der Waals surface area (Å²) in [6.45, 7) is 1.87. The number of carbonyl (C=O) groups excluding carboxylic acids is 3. The predicted molar refractivity (Wildman–Crippen MR) is 97.0 cm³/mol. The number of halogens is 1. The van der Waals surface area contributed by atoms with Crippen LogP contribution in [0.3, 0.4) is 0 Å². The van der Waals surface area contributed by atoms with E-state index >= 15 is 0 Å². The van der Waals surface area contributed by atoms with Crippen molar-refractivity contribution < 1.29 is 19.5 Å². The Balaban J connectivity index is 1.91. The van der Waals surface area contributed by atoms with Crippen LogP contribution in [0.4, 0.5) is 16.2 Å². The van der Waals surface area contributed by atoms with E-state index in [1.54, 1.807) is 24.3 Å². The minimum absolute atomic E-state index is 0.108. The second kappa shape index (κ2) is 6.97. The first-order chi connectivity index (χ1) is 12.4. The number of aromatic hydroxyl groups is 1. The molecule has 0 aliphatic carbocycles. The van der Waals surface area contributed by atoms with Crippen molar-refractivity contribution in [2.75, 3.05) is 4.90 Å². The first-order valence-electron chi connectivity index (χ1n) is 7.65. The maximum Gasteiger partial charge on any atom is 0.335 e. The lowest BCUT2D eigenvalue weighted by Crippen LogP contribution is -2.58. The molecule has 1 heterocycles. The summed E-state index contributed by atoms with van der Waals surface area (Å²) < 4.78 is 0. The van der Waals surface area contributed by atoms with Gasteiger partial charge in [0.2, 0.25) is 5.91 Å². The summed E-state index contributed by atoms with van der Waals surface area (Å²) in [6, 6.07) is 10.1. The summed E-state index contributed by atoms with van der Waals surface area (Å²) in [5.74, 6) is -2.98. The summed E-state index contributed by atoms with van der Waals surface area (Å²) in [4.78, 5) is 41.7. The molecule has 132 valence electrons. The van der Waals surface area contributed by atoms with Gasteiger partial charge in [0, 0.05) is 11.2 Å².